The lowest BCUT2D eigenvalue weighted by Crippen LogP contribution is -2.06. The second-order valence-electron chi connectivity index (χ2n) is 4.24. The summed E-state index contributed by atoms with van der Waals surface area (Å²) in [7, 11) is 0. The fourth-order valence-corrected chi connectivity index (χ4v) is 2.11. The van der Waals surface area contributed by atoms with Gasteiger partial charge in [0, 0.05) is 5.92 Å². The summed E-state index contributed by atoms with van der Waals surface area (Å²) in [5, 5.41) is 0. The van der Waals surface area contributed by atoms with Gasteiger partial charge in [0.1, 0.15) is 0 Å². The van der Waals surface area contributed by atoms with Crippen molar-refractivity contribution >= 4 is 0 Å². The molecule has 0 fully saturated rings. The molecular weight excluding hydrogens is 156 g/mol. The zero-order chi connectivity index (χ0) is 9.10. The highest BCUT2D eigenvalue weighted by Gasteiger charge is 2.13. The van der Waals surface area contributed by atoms with Gasteiger partial charge in [-0.15, -0.1) is 0 Å². The second-order valence-corrected chi connectivity index (χ2v) is 4.24. The van der Waals surface area contributed by atoms with E-state index in [0.717, 1.165) is 11.8 Å². The molecule has 0 nitrogen and oxygen atoms in total. The average Bonchev–Trinajstić information content (AvgIpc) is 2.20. The van der Waals surface area contributed by atoms with Crippen molar-refractivity contribution in [2.75, 3.05) is 0 Å². The normalized spacial score (nSPS) is 33.2. The van der Waals surface area contributed by atoms with Crippen LogP contribution in [0.3, 0.4) is 0 Å². The van der Waals surface area contributed by atoms with E-state index in [1.54, 1.807) is 5.57 Å². The van der Waals surface area contributed by atoms with Crippen LogP contribution in [0.5, 0.6) is 0 Å². The third-order valence-electron chi connectivity index (χ3n) is 3.03. The van der Waals surface area contributed by atoms with E-state index in [4.69, 9.17) is 0 Å². The summed E-state index contributed by atoms with van der Waals surface area (Å²) in [4.78, 5) is 0. The standard InChI is InChI=1S/C13H18/c1-11-7-9-13(10-8-11)12-5-3-2-4-6-12/h3,5,7,9-12H,2,4,6,8H2,1H3. The van der Waals surface area contributed by atoms with Crippen molar-refractivity contribution in [3.05, 3.63) is 36.0 Å². The molecule has 0 bridgehead atoms. The molecule has 0 heteroatoms. The highest BCUT2D eigenvalue weighted by Crippen LogP contribution is 2.28. The van der Waals surface area contributed by atoms with Crippen molar-refractivity contribution in [3.8, 4) is 0 Å². The zero-order valence-corrected chi connectivity index (χ0v) is 8.37. The Bertz CT molecular complexity index is 255. The molecule has 0 heterocycles. The molecule has 2 aliphatic rings. The van der Waals surface area contributed by atoms with Gasteiger partial charge >= 0.3 is 0 Å². The molecule has 0 aromatic heterocycles. The van der Waals surface area contributed by atoms with E-state index in [1.165, 1.54) is 25.7 Å². The molecule has 0 amide bonds. The van der Waals surface area contributed by atoms with Gasteiger partial charge in [-0.3, -0.25) is 0 Å². The molecule has 2 atom stereocenters. The van der Waals surface area contributed by atoms with Crippen LogP contribution in [0, 0.1) is 11.8 Å². The highest BCUT2D eigenvalue weighted by molar-refractivity contribution is 5.29. The number of allylic oxidation sites excluding steroid dienone is 6. The SMILES string of the molecule is CC1C=CC(C2C=CCCC2)=CC1. The van der Waals surface area contributed by atoms with E-state index in [-0.39, 0.29) is 0 Å². The van der Waals surface area contributed by atoms with E-state index >= 15 is 0 Å². The lowest BCUT2D eigenvalue weighted by Gasteiger charge is -2.21. The first-order valence-electron chi connectivity index (χ1n) is 5.41. The second kappa shape index (κ2) is 3.95. The minimum Gasteiger partial charge on any atom is -0.0879 e. The summed E-state index contributed by atoms with van der Waals surface area (Å²) in [6, 6.07) is 0. The van der Waals surface area contributed by atoms with Crippen LogP contribution in [-0.2, 0) is 0 Å². The maximum Gasteiger partial charge on any atom is 0.00148 e. The van der Waals surface area contributed by atoms with Gasteiger partial charge in [0.15, 0.2) is 0 Å². The van der Waals surface area contributed by atoms with E-state index in [0.29, 0.717) is 0 Å². The summed E-state index contributed by atoms with van der Waals surface area (Å²) in [6.45, 7) is 2.28. The first-order valence-corrected chi connectivity index (χ1v) is 5.41. The van der Waals surface area contributed by atoms with Crippen molar-refractivity contribution in [1.82, 2.24) is 0 Å². The Labute approximate surface area is 81.0 Å². The molecule has 2 rings (SSSR count). The van der Waals surface area contributed by atoms with Gasteiger partial charge in [-0.25, -0.2) is 0 Å². The van der Waals surface area contributed by atoms with Gasteiger partial charge in [-0.1, -0.05) is 37.3 Å². The van der Waals surface area contributed by atoms with Crippen LogP contribution < -0.4 is 0 Å². The summed E-state index contributed by atoms with van der Waals surface area (Å²) >= 11 is 0. The third kappa shape index (κ3) is 2.12. The molecule has 0 radical (unpaired) electrons. The van der Waals surface area contributed by atoms with Crippen LogP contribution in [0.4, 0.5) is 0 Å². The number of hydrogen-bond acceptors (Lipinski definition) is 0. The van der Waals surface area contributed by atoms with Crippen molar-refractivity contribution < 1.29 is 0 Å². The molecule has 0 saturated carbocycles. The van der Waals surface area contributed by atoms with E-state index < -0.39 is 0 Å². The fourth-order valence-electron chi connectivity index (χ4n) is 2.11. The highest BCUT2D eigenvalue weighted by atomic mass is 14.2. The Morgan fingerprint density at radius 2 is 2.23 bits per heavy atom. The van der Waals surface area contributed by atoms with Crippen molar-refractivity contribution in [1.29, 1.82) is 0 Å². The van der Waals surface area contributed by atoms with Gasteiger partial charge in [0.25, 0.3) is 0 Å². The maximum absolute atomic E-state index is 2.42. The molecule has 0 aromatic carbocycles. The van der Waals surface area contributed by atoms with Crippen LogP contribution in [0.15, 0.2) is 36.0 Å². The summed E-state index contributed by atoms with van der Waals surface area (Å²) in [5.41, 5.74) is 1.55. The Hall–Kier alpha value is -0.780. The van der Waals surface area contributed by atoms with E-state index in [1.807, 2.05) is 0 Å². The monoisotopic (exact) mass is 174 g/mol. The molecule has 0 N–H and O–H groups in total. The van der Waals surface area contributed by atoms with Crippen LogP contribution >= 0.6 is 0 Å². The van der Waals surface area contributed by atoms with E-state index in [9.17, 15) is 0 Å². The molecule has 2 unspecified atom stereocenters. The van der Waals surface area contributed by atoms with Crippen LogP contribution in [0.1, 0.15) is 32.6 Å². The zero-order valence-electron chi connectivity index (χ0n) is 8.37. The number of rotatable bonds is 1. The first-order chi connectivity index (χ1) is 6.36. The molecule has 0 saturated heterocycles. The van der Waals surface area contributed by atoms with E-state index in [2.05, 4.69) is 37.3 Å². The topological polar surface area (TPSA) is 0 Å². The largest absolute Gasteiger partial charge is 0.0879 e. The molecule has 70 valence electrons. The molecule has 0 aliphatic heterocycles. The smallest absolute Gasteiger partial charge is 0.00148 e. The van der Waals surface area contributed by atoms with Gasteiger partial charge in [-0.05, 0) is 37.2 Å². The van der Waals surface area contributed by atoms with Crippen molar-refractivity contribution in [2.45, 2.75) is 32.6 Å². The Morgan fingerprint density at radius 3 is 2.85 bits per heavy atom. The third-order valence-corrected chi connectivity index (χ3v) is 3.03. The summed E-state index contributed by atoms with van der Waals surface area (Å²) < 4.78 is 0. The van der Waals surface area contributed by atoms with Crippen LogP contribution in [0.2, 0.25) is 0 Å². The first kappa shape index (κ1) is 8.80. The minimum absolute atomic E-state index is 0.720. The maximum atomic E-state index is 2.42. The fraction of sp³-hybridized carbons (Fsp3) is 0.538. The lowest BCUT2D eigenvalue weighted by atomic mass is 9.85. The van der Waals surface area contributed by atoms with Crippen molar-refractivity contribution in [3.63, 3.8) is 0 Å². The summed E-state index contributed by atoms with van der Waals surface area (Å²) in [5.74, 6) is 1.47. The predicted molar refractivity (Wildman–Crippen MR) is 57.5 cm³/mol. The Balaban J connectivity index is 2.05. The quantitative estimate of drug-likeness (QED) is 0.529. The Morgan fingerprint density at radius 1 is 1.31 bits per heavy atom. The Kier molecular flexibility index (Phi) is 2.68. The molecule has 2 aliphatic carbocycles. The molecule has 0 spiro atoms. The van der Waals surface area contributed by atoms with Crippen molar-refractivity contribution in [2.24, 2.45) is 11.8 Å². The van der Waals surface area contributed by atoms with Crippen LogP contribution in [-0.4, -0.2) is 0 Å². The van der Waals surface area contributed by atoms with Gasteiger partial charge in [-0.2, -0.15) is 0 Å². The summed E-state index contributed by atoms with van der Waals surface area (Å²) in [6.07, 6.45) is 17.0. The van der Waals surface area contributed by atoms with Gasteiger partial charge in [0.2, 0.25) is 0 Å². The molecular formula is C13H18. The predicted octanol–water partition coefficient (Wildman–Crippen LogP) is 3.87. The number of hydrogen-bond donors (Lipinski definition) is 0. The molecule has 0 aromatic rings. The van der Waals surface area contributed by atoms with Crippen LogP contribution in [0.25, 0.3) is 0 Å². The lowest BCUT2D eigenvalue weighted by molar-refractivity contribution is 0.602. The molecule has 13 heavy (non-hydrogen) atoms. The minimum atomic E-state index is 0.720. The van der Waals surface area contributed by atoms with Gasteiger partial charge in [0.05, 0.1) is 0 Å². The average molecular weight is 174 g/mol. The van der Waals surface area contributed by atoms with Gasteiger partial charge < -0.3 is 0 Å².